The van der Waals surface area contributed by atoms with Gasteiger partial charge in [-0.25, -0.2) is 17.7 Å². The van der Waals surface area contributed by atoms with Crippen LogP contribution >= 0.6 is 35.7 Å². The fourth-order valence-corrected chi connectivity index (χ4v) is 5.63. The number of hydrogen-bond donors (Lipinski definition) is 2. The van der Waals surface area contributed by atoms with Gasteiger partial charge in [0, 0.05) is 44.1 Å². The summed E-state index contributed by atoms with van der Waals surface area (Å²) in [4.78, 5) is 4.57. The van der Waals surface area contributed by atoms with Crippen molar-refractivity contribution in [1.29, 1.82) is 0 Å². The first-order chi connectivity index (χ1) is 13.1. The van der Waals surface area contributed by atoms with Gasteiger partial charge >= 0.3 is 0 Å². The number of fused-ring (bicyclic) bond motifs is 1. The predicted octanol–water partition coefficient (Wildman–Crippen LogP) is 1.54. The second kappa shape index (κ2) is 11.5. The Kier molecular flexibility index (Phi) is 9.64. The quantitative estimate of drug-likeness (QED) is 0.310. The van der Waals surface area contributed by atoms with Crippen LogP contribution in [0.15, 0.2) is 29.3 Å². The number of sulfonamides is 1. The third-order valence-corrected chi connectivity index (χ3v) is 7.34. The van der Waals surface area contributed by atoms with Gasteiger partial charge in [0.15, 0.2) is 5.96 Å². The summed E-state index contributed by atoms with van der Waals surface area (Å²) in [5, 5.41) is 6.30. The minimum Gasteiger partial charge on any atom is -0.488 e. The Balaban J connectivity index is 0.00000280. The van der Waals surface area contributed by atoms with Gasteiger partial charge in [-0.05, 0) is 18.6 Å². The normalized spacial score (nSPS) is 20.0. The van der Waals surface area contributed by atoms with Gasteiger partial charge in [0.1, 0.15) is 11.9 Å². The van der Waals surface area contributed by atoms with Crippen LogP contribution in [-0.2, 0) is 16.4 Å². The molecule has 0 amide bonds. The number of guanidine groups is 1. The van der Waals surface area contributed by atoms with E-state index in [4.69, 9.17) is 4.74 Å². The van der Waals surface area contributed by atoms with E-state index in [0.29, 0.717) is 38.7 Å². The maximum atomic E-state index is 12.4. The van der Waals surface area contributed by atoms with Crippen LogP contribution in [0.2, 0.25) is 0 Å². The zero-order valence-electron chi connectivity index (χ0n) is 16.1. The molecule has 2 N–H and O–H groups in total. The molecule has 7 nitrogen and oxygen atoms in total. The summed E-state index contributed by atoms with van der Waals surface area (Å²) in [5.74, 6) is 3.39. The monoisotopic (exact) mass is 540 g/mol. The Bertz CT molecular complexity index is 730. The second-order valence-corrected chi connectivity index (χ2v) is 9.84. The van der Waals surface area contributed by atoms with Crippen molar-refractivity contribution in [2.45, 2.75) is 19.4 Å². The van der Waals surface area contributed by atoms with E-state index in [2.05, 4.69) is 21.7 Å². The molecule has 0 aliphatic carbocycles. The van der Waals surface area contributed by atoms with Crippen molar-refractivity contribution in [1.82, 2.24) is 14.9 Å². The molecule has 2 aliphatic rings. The van der Waals surface area contributed by atoms with Crippen molar-refractivity contribution in [3.05, 3.63) is 29.8 Å². The molecule has 1 unspecified atom stereocenters. The average Bonchev–Trinajstić information content (AvgIpc) is 3.10. The third-order valence-electron chi connectivity index (χ3n) is 4.53. The number of rotatable bonds is 7. The molecular formula is C18H29IN4O3S2. The number of nitrogens with zero attached hydrogens (tertiary/aromatic N) is 2. The zero-order valence-corrected chi connectivity index (χ0v) is 20.1. The number of ether oxygens (including phenoxy) is 1. The SMILES string of the molecule is CCNC(=NCC1Cc2ccccc2O1)NCCS(=O)(=O)N1CCSCC1.I. The predicted molar refractivity (Wildman–Crippen MR) is 127 cm³/mol. The van der Waals surface area contributed by atoms with Crippen molar-refractivity contribution >= 4 is 51.7 Å². The Morgan fingerprint density at radius 1 is 1.29 bits per heavy atom. The highest BCUT2D eigenvalue weighted by Crippen LogP contribution is 2.28. The van der Waals surface area contributed by atoms with E-state index in [0.717, 1.165) is 23.7 Å². The van der Waals surface area contributed by atoms with Crippen molar-refractivity contribution in [2.75, 3.05) is 50.0 Å². The molecule has 1 fully saturated rings. The highest BCUT2D eigenvalue weighted by atomic mass is 127. The minimum absolute atomic E-state index is 0. The molecule has 0 aromatic heterocycles. The Morgan fingerprint density at radius 3 is 2.75 bits per heavy atom. The van der Waals surface area contributed by atoms with Crippen LogP contribution in [0.1, 0.15) is 12.5 Å². The Morgan fingerprint density at radius 2 is 2.04 bits per heavy atom. The van der Waals surface area contributed by atoms with E-state index >= 15 is 0 Å². The van der Waals surface area contributed by atoms with E-state index in [1.165, 1.54) is 5.56 Å². The van der Waals surface area contributed by atoms with E-state index in [-0.39, 0.29) is 35.8 Å². The lowest BCUT2D eigenvalue weighted by Gasteiger charge is -2.25. The number of hydrogen-bond acceptors (Lipinski definition) is 5. The van der Waals surface area contributed by atoms with Crippen molar-refractivity contribution in [3.8, 4) is 5.75 Å². The van der Waals surface area contributed by atoms with Gasteiger partial charge < -0.3 is 15.4 Å². The van der Waals surface area contributed by atoms with E-state index in [1.807, 2.05) is 25.1 Å². The number of para-hydroxylation sites is 1. The van der Waals surface area contributed by atoms with Gasteiger partial charge in [0.25, 0.3) is 0 Å². The summed E-state index contributed by atoms with van der Waals surface area (Å²) in [6, 6.07) is 8.04. The largest absolute Gasteiger partial charge is 0.488 e. The summed E-state index contributed by atoms with van der Waals surface area (Å²) in [6.45, 7) is 4.79. The summed E-state index contributed by atoms with van der Waals surface area (Å²) in [7, 11) is -3.21. The zero-order chi connectivity index (χ0) is 19.1. The number of thioether (sulfide) groups is 1. The highest BCUT2D eigenvalue weighted by Gasteiger charge is 2.24. The minimum atomic E-state index is -3.21. The molecule has 2 aliphatic heterocycles. The standard InChI is InChI=1S/C18H28N4O3S2.HI/c1-2-19-18(20-7-12-27(23,24)22-8-10-26-11-9-22)21-14-16-13-15-5-3-4-6-17(15)25-16;/h3-6,16H,2,7-14H2,1H3,(H2,19,20,21);1H. The van der Waals surface area contributed by atoms with E-state index < -0.39 is 10.0 Å². The van der Waals surface area contributed by atoms with Gasteiger partial charge in [0.05, 0.1) is 12.3 Å². The van der Waals surface area contributed by atoms with Crippen LogP contribution in [0.3, 0.4) is 0 Å². The molecule has 28 heavy (non-hydrogen) atoms. The fourth-order valence-electron chi connectivity index (χ4n) is 3.14. The van der Waals surface area contributed by atoms with Gasteiger partial charge in [-0.2, -0.15) is 11.8 Å². The van der Waals surface area contributed by atoms with Crippen LogP contribution in [0.25, 0.3) is 0 Å². The number of aliphatic imine (C=N–C) groups is 1. The van der Waals surface area contributed by atoms with Crippen molar-refractivity contribution < 1.29 is 13.2 Å². The van der Waals surface area contributed by atoms with Gasteiger partial charge in [0.2, 0.25) is 10.0 Å². The molecule has 1 aromatic carbocycles. The maximum absolute atomic E-state index is 12.4. The molecule has 0 spiro atoms. The lowest BCUT2D eigenvalue weighted by molar-refractivity contribution is 0.241. The smallest absolute Gasteiger partial charge is 0.215 e. The van der Waals surface area contributed by atoms with Crippen LogP contribution in [0, 0.1) is 0 Å². The lowest BCUT2D eigenvalue weighted by atomic mass is 10.1. The van der Waals surface area contributed by atoms with Gasteiger partial charge in [-0.3, -0.25) is 0 Å². The molecule has 10 heteroatoms. The third kappa shape index (κ3) is 6.67. The van der Waals surface area contributed by atoms with Crippen LogP contribution in [0.4, 0.5) is 0 Å². The van der Waals surface area contributed by atoms with E-state index in [1.54, 1.807) is 16.1 Å². The summed E-state index contributed by atoms with van der Waals surface area (Å²) in [5.41, 5.74) is 1.21. The Hall–Kier alpha value is -0.720. The van der Waals surface area contributed by atoms with Crippen molar-refractivity contribution in [2.24, 2.45) is 4.99 Å². The summed E-state index contributed by atoms with van der Waals surface area (Å²) < 4.78 is 32.3. The molecule has 3 rings (SSSR count). The first-order valence-corrected chi connectivity index (χ1v) is 12.2. The highest BCUT2D eigenvalue weighted by molar-refractivity contribution is 14.0. The number of benzene rings is 1. The molecule has 0 radical (unpaired) electrons. The van der Waals surface area contributed by atoms with E-state index in [9.17, 15) is 8.42 Å². The molecule has 0 bridgehead atoms. The first kappa shape index (κ1) is 23.6. The topological polar surface area (TPSA) is 83.0 Å². The van der Waals surface area contributed by atoms with Crippen LogP contribution in [0.5, 0.6) is 5.75 Å². The summed E-state index contributed by atoms with van der Waals surface area (Å²) in [6.07, 6.45) is 0.868. The molecule has 2 heterocycles. The van der Waals surface area contributed by atoms with Gasteiger partial charge in [-0.1, -0.05) is 18.2 Å². The first-order valence-electron chi connectivity index (χ1n) is 9.41. The molecule has 158 valence electrons. The molecule has 1 saturated heterocycles. The van der Waals surface area contributed by atoms with Crippen LogP contribution in [-0.4, -0.2) is 74.8 Å². The Labute approximate surface area is 189 Å². The van der Waals surface area contributed by atoms with Crippen LogP contribution < -0.4 is 15.4 Å². The summed E-state index contributed by atoms with van der Waals surface area (Å²) >= 11 is 1.80. The number of nitrogens with one attached hydrogen (secondary N) is 2. The molecule has 1 atom stereocenters. The lowest BCUT2D eigenvalue weighted by Crippen LogP contribution is -2.44. The molecular weight excluding hydrogens is 511 g/mol. The van der Waals surface area contributed by atoms with Crippen molar-refractivity contribution in [3.63, 3.8) is 0 Å². The fraction of sp³-hybridized carbons (Fsp3) is 0.611. The number of halogens is 1. The maximum Gasteiger partial charge on any atom is 0.215 e. The van der Waals surface area contributed by atoms with Gasteiger partial charge in [-0.15, -0.1) is 24.0 Å². The second-order valence-electron chi connectivity index (χ2n) is 6.53. The average molecular weight is 540 g/mol. The molecule has 1 aromatic rings. The molecule has 0 saturated carbocycles.